The zero-order chi connectivity index (χ0) is 16.2. The van der Waals surface area contributed by atoms with Crippen LogP contribution in [0.2, 0.25) is 0 Å². The van der Waals surface area contributed by atoms with Crippen molar-refractivity contribution >= 4 is 5.91 Å². The molecule has 126 valence electrons. The third kappa shape index (κ3) is 3.93. The van der Waals surface area contributed by atoms with Gasteiger partial charge < -0.3 is 9.64 Å². The van der Waals surface area contributed by atoms with Crippen molar-refractivity contribution in [3.05, 3.63) is 35.9 Å². The van der Waals surface area contributed by atoms with Crippen LogP contribution in [0, 0.1) is 5.92 Å². The summed E-state index contributed by atoms with van der Waals surface area (Å²) in [5, 5.41) is 0. The molecule has 2 saturated heterocycles. The van der Waals surface area contributed by atoms with Gasteiger partial charge in [-0.15, -0.1) is 0 Å². The predicted octanol–water partition coefficient (Wildman–Crippen LogP) is 2.53. The molecule has 0 radical (unpaired) electrons. The molecule has 4 heteroatoms. The van der Waals surface area contributed by atoms with Gasteiger partial charge in [-0.3, -0.25) is 9.69 Å². The van der Waals surface area contributed by atoms with Crippen molar-refractivity contribution in [2.45, 2.75) is 44.9 Å². The Labute approximate surface area is 139 Å². The number of nitrogens with zero attached hydrogens (tertiary/aromatic N) is 2. The molecule has 0 N–H and O–H groups in total. The van der Waals surface area contributed by atoms with E-state index in [1.165, 1.54) is 5.56 Å². The second-order valence-electron chi connectivity index (χ2n) is 6.91. The highest BCUT2D eigenvalue weighted by Gasteiger charge is 2.35. The van der Waals surface area contributed by atoms with Crippen molar-refractivity contribution in [3.8, 4) is 0 Å². The van der Waals surface area contributed by atoms with Gasteiger partial charge in [0.05, 0.1) is 12.0 Å². The first-order chi connectivity index (χ1) is 11.1. The predicted molar refractivity (Wildman–Crippen MR) is 91.0 cm³/mol. The van der Waals surface area contributed by atoms with E-state index in [2.05, 4.69) is 35.2 Å². The molecule has 2 unspecified atom stereocenters. The summed E-state index contributed by atoms with van der Waals surface area (Å²) in [6.07, 6.45) is 3.08. The fourth-order valence-electron chi connectivity index (χ4n) is 3.80. The summed E-state index contributed by atoms with van der Waals surface area (Å²) in [6, 6.07) is 11.0. The normalized spacial score (nSPS) is 26.3. The van der Waals surface area contributed by atoms with Gasteiger partial charge in [0, 0.05) is 39.3 Å². The van der Waals surface area contributed by atoms with E-state index in [-0.39, 0.29) is 17.9 Å². The van der Waals surface area contributed by atoms with E-state index in [0.29, 0.717) is 6.04 Å². The summed E-state index contributed by atoms with van der Waals surface area (Å²) in [5.41, 5.74) is 1.37. The molecule has 3 rings (SSSR count). The Kier molecular flexibility index (Phi) is 5.34. The number of carbonyl (C=O) groups excluding carboxylic acids is 1. The highest BCUT2D eigenvalue weighted by molar-refractivity contribution is 5.79. The van der Waals surface area contributed by atoms with Crippen LogP contribution in [-0.4, -0.2) is 54.6 Å². The van der Waals surface area contributed by atoms with E-state index in [1.807, 2.05) is 18.9 Å². The van der Waals surface area contributed by atoms with Gasteiger partial charge in [-0.25, -0.2) is 0 Å². The minimum absolute atomic E-state index is 0.0577. The third-order valence-corrected chi connectivity index (χ3v) is 5.39. The van der Waals surface area contributed by atoms with Crippen LogP contribution in [0.25, 0.3) is 0 Å². The summed E-state index contributed by atoms with van der Waals surface area (Å²) in [4.78, 5) is 17.1. The number of rotatable bonds is 4. The Hall–Kier alpha value is -1.39. The summed E-state index contributed by atoms with van der Waals surface area (Å²) in [5.74, 6) is 0.332. The third-order valence-electron chi connectivity index (χ3n) is 5.39. The van der Waals surface area contributed by atoms with Gasteiger partial charge in [0.2, 0.25) is 5.91 Å². The molecule has 1 aromatic rings. The van der Waals surface area contributed by atoms with Crippen LogP contribution in [0.5, 0.6) is 0 Å². The first-order valence-electron chi connectivity index (χ1n) is 8.79. The fourth-order valence-corrected chi connectivity index (χ4v) is 3.80. The van der Waals surface area contributed by atoms with Crippen molar-refractivity contribution in [3.63, 3.8) is 0 Å². The molecule has 0 saturated carbocycles. The molecule has 2 fully saturated rings. The van der Waals surface area contributed by atoms with Crippen molar-refractivity contribution in [2.75, 3.05) is 26.7 Å². The number of carbonyl (C=O) groups is 1. The molecule has 2 heterocycles. The number of piperidine rings is 1. The monoisotopic (exact) mass is 316 g/mol. The second kappa shape index (κ2) is 7.45. The van der Waals surface area contributed by atoms with Crippen molar-refractivity contribution < 1.29 is 9.53 Å². The first kappa shape index (κ1) is 16.5. The van der Waals surface area contributed by atoms with E-state index in [0.717, 1.165) is 45.5 Å². The summed E-state index contributed by atoms with van der Waals surface area (Å²) in [7, 11) is 1.98. The lowest BCUT2D eigenvalue weighted by molar-refractivity contribution is -0.138. The lowest BCUT2D eigenvalue weighted by Crippen LogP contribution is -2.47. The van der Waals surface area contributed by atoms with Gasteiger partial charge in [0.15, 0.2) is 0 Å². The van der Waals surface area contributed by atoms with Gasteiger partial charge in [-0.05, 0) is 31.7 Å². The molecule has 0 bridgehead atoms. The van der Waals surface area contributed by atoms with Crippen LogP contribution in [0.1, 0.15) is 31.7 Å². The standard InChI is InChI=1S/C19H28N2O2/c1-15-18(10-13-23-15)19(22)20(2)17-8-11-21(12-9-17)14-16-6-4-3-5-7-16/h3-7,15,17-18H,8-14H2,1-2H3. The highest BCUT2D eigenvalue weighted by Crippen LogP contribution is 2.25. The molecule has 4 nitrogen and oxygen atoms in total. The second-order valence-corrected chi connectivity index (χ2v) is 6.91. The largest absolute Gasteiger partial charge is 0.378 e. The van der Waals surface area contributed by atoms with Crippen LogP contribution >= 0.6 is 0 Å². The van der Waals surface area contributed by atoms with Gasteiger partial charge in [0.1, 0.15) is 0 Å². The number of hydrogen-bond acceptors (Lipinski definition) is 3. The Morgan fingerprint density at radius 3 is 2.52 bits per heavy atom. The molecule has 2 atom stereocenters. The Bertz CT molecular complexity index is 511. The maximum absolute atomic E-state index is 12.7. The summed E-state index contributed by atoms with van der Waals surface area (Å²) in [6.45, 7) is 5.88. The van der Waals surface area contributed by atoms with Crippen LogP contribution in [-0.2, 0) is 16.1 Å². The van der Waals surface area contributed by atoms with Crippen molar-refractivity contribution in [1.82, 2.24) is 9.80 Å². The SMILES string of the molecule is CC1OCCC1C(=O)N(C)C1CCN(Cc2ccccc2)CC1. The molecule has 0 aromatic heterocycles. The summed E-state index contributed by atoms with van der Waals surface area (Å²) < 4.78 is 5.55. The average molecular weight is 316 g/mol. The zero-order valence-corrected chi connectivity index (χ0v) is 14.3. The molecule has 23 heavy (non-hydrogen) atoms. The topological polar surface area (TPSA) is 32.8 Å². The van der Waals surface area contributed by atoms with E-state index in [9.17, 15) is 4.79 Å². The minimum Gasteiger partial charge on any atom is -0.378 e. The molecular formula is C19H28N2O2. The molecule has 0 spiro atoms. The Morgan fingerprint density at radius 2 is 1.91 bits per heavy atom. The van der Waals surface area contributed by atoms with Crippen LogP contribution in [0.3, 0.4) is 0 Å². The molecule has 2 aliphatic heterocycles. The van der Waals surface area contributed by atoms with E-state index >= 15 is 0 Å². The van der Waals surface area contributed by atoms with Crippen molar-refractivity contribution in [2.24, 2.45) is 5.92 Å². The maximum atomic E-state index is 12.7. The fraction of sp³-hybridized carbons (Fsp3) is 0.632. The first-order valence-corrected chi connectivity index (χ1v) is 8.79. The van der Waals surface area contributed by atoms with Gasteiger partial charge in [0.25, 0.3) is 0 Å². The van der Waals surface area contributed by atoms with Crippen LogP contribution in [0.4, 0.5) is 0 Å². The number of ether oxygens (including phenoxy) is 1. The van der Waals surface area contributed by atoms with Crippen LogP contribution < -0.4 is 0 Å². The number of benzene rings is 1. The summed E-state index contributed by atoms with van der Waals surface area (Å²) >= 11 is 0. The number of hydrogen-bond donors (Lipinski definition) is 0. The smallest absolute Gasteiger partial charge is 0.228 e. The van der Waals surface area contributed by atoms with Gasteiger partial charge in [-0.1, -0.05) is 30.3 Å². The maximum Gasteiger partial charge on any atom is 0.228 e. The number of amides is 1. The van der Waals surface area contributed by atoms with E-state index < -0.39 is 0 Å². The van der Waals surface area contributed by atoms with E-state index in [4.69, 9.17) is 4.74 Å². The van der Waals surface area contributed by atoms with Crippen LogP contribution in [0.15, 0.2) is 30.3 Å². The molecular weight excluding hydrogens is 288 g/mol. The quantitative estimate of drug-likeness (QED) is 0.856. The minimum atomic E-state index is 0.0577. The zero-order valence-electron chi connectivity index (χ0n) is 14.3. The van der Waals surface area contributed by atoms with Crippen molar-refractivity contribution in [1.29, 1.82) is 0 Å². The molecule has 2 aliphatic rings. The van der Waals surface area contributed by atoms with Gasteiger partial charge >= 0.3 is 0 Å². The van der Waals surface area contributed by atoms with Gasteiger partial charge in [-0.2, -0.15) is 0 Å². The number of likely N-dealkylation sites (tertiary alicyclic amines) is 1. The molecule has 1 aromatic carbocycles. The lowest BCUT2D eigenvalue weighted by Gasteiger charge is -2.38. The Balaban J connectivity index is 1.49. The highest BCUT2D eigenvalue weighted by atomic mass is 16.5. The molecule has 1 amide bonds. The Morgan fingerprint density at radius 1 is 1.22 bits per heavy atom. The average Bonchev–Trinajstić information content (AvgIpc) is 3.01. The molecule has 0 aliphatic carbocycles. The lowest BCUT2D eigenvalue weighted by atomic mass is 9.97. The van der Waals surface area contributed by atoms with E-state index in [1.54, 1.807) is 0 Å².